The Morgan fingerprint density at radius 1 is 1.33 bits per heavy atom. The molecule has 1 heterocycles. The minimum absolute atomic E-state index is 0.392. The van der Waals surface area contributed by atoms with Crippen LogP contribution in [0.5, 0.6) is 0 Å². The van der Waals surface area contributed by atoms with E-state index in [1.807, 2.05) is 0 Å². The lowest BCUT2D eigenvalue weighted by atomic mass is 11.5. The van der Waals surface area contributed by atoms with Gasteiger partial charge in [0.05, 0.1) is 0.425 Å². The average molecular weight is 643 g/mol. The van der Waals surface area contributed by atoms with Crippen LogP contribution in [-0.4, -0.2) is 2.06 Å². The van der Waals surface area contributed by atoms with E-state index in [9.17, 15) is 0 Å². The first-order valence-corrected chi connectivity index (χ1v) is 19.4. The summed E-state index contributed by atoms with van der Waals surface area (Å²) in [7, 11) is 0. The molecule has 0 radical (unpaired) electrons. The standard InChI is InChI=1S/C2H3BrI4N2/c3-1-4-6-2(9-8)7-5-1/h9H,8H2. The molecule has 9 heavy (non-hydrogen) atoms. The number of halogens is 5. The summed E-state index contributed by atoms with van der Waals surface area (Å²) in [6.45, 7) is 0. The quantitative estimate of drug-likeness (QED) is 0.200. The van der Waals surface area contributed by atoms with E-state index >= 15 is 0 Å². The van der Waals surface area contributed by atoms with Crippen LogP contribution in [0.25, 0.3) is 0 Å². The second-order valence-electron chi connectivity index (χ2n) is 0.905. The number of hydrogen-bond acceptors (Lipinski definition) is 2. The molecular formula is C2H3BrI4N2. The second kappa shape index (κ2) is 5.66. The van der Waals surface area contributed by atoms with Gasteiger partial charge in [0.2, 0.25) is 0 Å². The fraction of sp³-hybridized carbons (Fsp3) is 0. The van der Waals surface area contributed by atoms with Crippen molar-refractivity contribution in [3.63, 3.8) is 0 Å². The van der Waals surface area contributed by atoms with Crippen molar-refractivity contribution in [2.75, 3.05) is 0 Å². The van der Waals surface area contributed by atoms with Gasteiger partial charge >= 0.3 is 0 Å². The highest BCUT2D eigenvalue weighted by Crippen LogP contribution is 2.41. The Bertz CT molecular complexity index is 197. The van der Waals surface area contributed by atoms with Crippen molar-refractivity contribution in [3.8, 4) is 0 Å². The van der Waals surface area contributed by atoms with Crippen molar-refractivity contribution in [2.24, 2.45) is 5.84 Å². The Labute approximate surface area is 93.4 Å². The van der Waals surface area contributed by atoms with E-state index < -0.39 is 0 Å². The highest BCUT2D eigenvalue weighted by Gasteiger charge is 1.95. The molecule has 1 aliphatic heterocycles. The maximum absolute atomic E-state index is 5.33. The SMILES string of the molecule is NNC1=II=C(Br)I=I1. The van der Waals surface area contributed by atoms with Gasteiger partial charge in [-0.2, -0.15) is 0 Å². The van der Waals surface area contributed by atoms with Crippen LogP contribution in [0.4, 0.5) is 0 Å². The number of nitrogens with two attached hydrogens (primary N) is 1. The van der Waals surface area contributed by atoms with E-state index in [0.717, 1.165) is 0 Å². The van der Waals surface area contributed by atoms with Crippen LogP contribution in [0.1, 0.15) is 0 Å². The zero-order valence-corrected chi connectivity index (χ0v) is 14.2. The van der Waals surface area contributed by atoms with Crippen LogP contribution in [0, 0.1) is 0 Å². The Hall–Kier alpha value is 3.06. The van der Waals surface area contributed by atoms with Gasteiger partial charge in [-0.15, -0.1) is 0 Å². The predicted molar refractivity (Wildman–Crippen MR) is 82.3 cm³/mol. The van der Waals surface area contributed by atoms with Gasteiger partial charge in [0.15, 0.2) is 0 Å². The van der Waals surface area contributed by atoms with Crippen LogP contribution in [0.3, 0.4) is 0 Å². The minimum Gasteiger partial charge on any atom is -0.266 e. The average Bonchev–Trinajstić information content (AvgIpc) is 1.90. The maximum Gasteiger partial charge on any atom is 0.106 e. The summed E-state index contributed by atoms with van der Waals surface area (Å²) in [6, 6.07) is 0. The van der Waals surface area contributed by atoms with Crippen molar-refractivity contribution in [2.45, 2.75) is 0 Å². The second-order valence-corrected chi connectivity index (χ2v) is 25.7. The summed E-state index contributed by atoms with van der Waals surface area (Å²) in [5, 5.41) is 0. The van der Waals surface area contributed by atoms with E-state index in [0.29, 0.717) is 66.7 Å². The van der Waals surface area contributed by atoms with Gasteiger partial charge in [-0.3, -0.25) is 5.84 Å². The van der Waals surface area contributed by atoms with Crippen LogP contribution in [0.15, 0.2) is 0 Å². The van der Waals surface area contributed by atoms with E-state index in [1.54, 1.807) is 2.06 Å². The number of hydrazine groups is 1. The number of rotatable bonds is 1. The Morgan fingerprint density at radius 2 is 2.11 bits per heavy atom. The zero-order chi connectivity index (χ0) is 6.69. The number of nitrogens with one attached hydrogen (secondary N) is 1. The molecule has 0 spiro atoms. The molecule has 2 nitrogen and oxygen atoms in total. The van der Waals surface area contributed by atoms with Crippen LogP contribution in [-0.2, 0) is 0 Å². The molecule has 0 unspecified atom stereocenters. The molecule has 7 heteroatoms. The van der Waals surface area contributed by atoms with Gasteiger partial charge in [0.1, 0.15) is 1.64 Å². The smallest absolute Gasteiger partial charge is 0.106 e. The molecule has 0 atom stereocenters. The first kappa shape index (κ1) is 10.1. The lowest BCUT2D eigenvalue weighted by Gasteiger charge is -1.96. The fourth-order valence-electron chi connectivity index (χ4n) is 0.178. The Morgan fingerprint density at radius 3 is 2.56 bits per heavy atom. The lowest BCUT2D eigenvalue weighted by Crippen LogP contribution is -2.23. The van der Waals surface area contributed by atoms with Crippen LogP contribution < -0.4 is 11.3 Å². The molecular weight excluding hydrogens is 640 g/mol. The Kier molecular flexibility index (Phi) is 6.38. The van der Waals surface area contributed by atoms with E-state index in [2.05, 4.69) is 21.4 Å². The Balaban J connectivity index is 2.75. The molecule has 0 aromatic carbocycles. The molecule has 0 saturated heterocycles. The predicted octanol–water partition coefficient (Wildman–Crippen LogP) is 2.75. The van der Waals surface area contributed by atoms with E-state index in [-0.39, 0.29) is 0 Å². The molecule has 1 aliphatic rings. The van der Waals surface area contributed by atoms with E-state index in [1.165, 1.54) is 0 Å². The summed E-state index contributed by atoms with van der Waals surface area (Å²) >= 11 is 5.31. The molecule has 3 N–H and O–H groups in total. The normalized spacial score (nSPS) is 20.7. The molecule has 0 aliphatic carbocycles. The third kappa shape index (κ3) is 4.00. The van der Waals surface area contributed by atoms with Gasteiger partial charge in [0, 0.05) is 0 Å². The van der Waals surface area contributed by atoms with Crippen molar-refractivity contribution >= 4 is 84.7 Å². The van der Waals surface area contributed by atoms with E-state index in [4.69, 9.17) is 5.84 Å². The van der Waals surface area contributed by atoms with Crippen molar-refractivity contribution in [1.29, 1.82) is 0 Å². The summed E-state index contributed by atoms with van der Waals surface area (Å²) in [6.07, 6.45) is 0. The highest BCUT2D eigenvalue weighted by atomic mass is 128. The van der Waals surface area contributed by atoms with Gasteiger partial charge in [0.25, 0.3) is 0 Å². The topological polar surface area (TPSA) is 38.0 Å². The van der Waals surface area contributed by atoms with Crippen LogP contribution in [0.2, 0.25) is 0 Å². The van der Waals surface area contributed by atoms with Crippen LogP contribution >= 0.6 is 82.6 Å². The highest BCUT2D eigenvalue weighted by molar-refractivity contribution is 15.1. The molecule has 0 amide bonds. The minimum atomic E-state index is 0.392. The summed E-state index contributed by atoms with van der Waals surface area (Å²) < 4.78 is 3.33. The van der Waals surface area contributed by atoms with Gasteiger partial charge < -0.3 is 0 Å². The van der Waals surface area contributed by atoms with Gasteiger partial charge in [-0.05, 0) is 82.6 Å². The molecule has 0 bridgehead atoms. The monoisotopic (exact) mass is 642 g/mol. The van der Waals surface area contributed by atoms with Crippen molar-refractivity contribution in [1.82, 2.24) is 5.43 Å². The molecule has 0 aromatic rings. The third-order valence-corrected chi connectivity index (χ3v) is 52.4. The molecule has 56 valence electrons. The largest absolute Gasteiger partial charge is 0.266 e. The number of hydrogen-bond donors (Lipinski definition) is 2. The van der Waals surface area contributed by atoms with Crippen molar-refractivity contribution < 1.29 is 0 Å². The summed E-state index contributed by atoms with van der Waals surface area (Å²) in [4.78, 5) is 0. The third-order valence-electron chi connectivity index (χ3n) is 0.414. The molecule has 1 rings (SSSR count). The lowest BCUT2D eigenvalue weighted by molar-refractivity contribution is 1.07. The van der Waals surface area contributed by atoms with Gasteiger partial charge in [-0.1, -0.05) is 0 Å². The maximum atomic E-state index is 5.33. The molecule has 0 saturated carbocycles. The fourth-order valence-corrected chi connectivity index (χ4v) is 67.4. The summed E-state index contributed by atoms with van der Waals surface area (Å²) in [5.74, 6) is 5.33. The first-order valence-electron chi connectivity index (χ1n) is 1.77. The molecule has 0 aromatic heterocycles. The molecule has 0 fully saturated rings. The first-order chi connectivity index (χ1) is 4.33. The zero-order valence-electron chi connectivity index (χ0n) is 3.97. The summed E-state index contributed by atoms with van der Waals surface area (Å²) in [5.41, 5.74) is 2.86. The van der Waals surface area contributed by atoms with Crippen molar-refractivity contribution in [3.05, 3.63) is 0 Å². The van der Waals surface area contributed by atoms with Gasteiger partial charge in [-0.25, -0.2) is 5.43 Å².